The van der Waals surface area contributed by atoms with Crippen molar-refractivity contribution in [3.05, 3.63) is 54.1 Å². The third kappa shape index (κ3) is 2.53. The number of hydrogen-bond donors (Lipinski definition) is 1. The van der Waals surface area contributed by atoms with Crippen molar-refractivity contribution in [1.29, 1.82) is 0 Å². The maximum atomic E-state index is 4.10. The minimum atomic E-state index is 0.783. The van der Waals surface area contributed by atoms with Crippen molar-refractivity contribution in [3.63, 3.8) is 0 Å². The molecule has 0 aromatic carbocycles. The molecule has 76 valence electrons. The molecule has 2 heterocycles. The molecule has 1 N–H and O–H groups in total. The summed E-state index contributed by atoms with van der Waals surface area (Å²) in [7, 11) is 0. The van der Waals surface area contributed by atoms with E-state index in [9.17, 15) is 0 Å². The second kappa shape index (κ2) is 4.55. The number of nitrogens with one attached hydrogen (secondary N) is 1. The van der Waals surface area contributed by atoms with E-state index in [-0.39, 0.29) is 0 Å². The largest absolute Gasteiger partial charge is 0.380 e. The van der Waals surface area contributed by atoms with Crippen LogP contribution in [0.3, 0.4) is 0 Å². The fourth-order valence-corrected chi connectivity index (χ4v) is 1.35. The molecule has 0 aliphatic heterocycles. The Morgan fingerprint density at radius 3 is 2.73 bits per heavy atom. The number of aryl methyl sites for hydroxylation is 1. The van der Waals surface area contributed by atoms with Crippen LogP contribution in [0.2, 0.25) is 0 Å². The molecule has 2 aromatic heterocycles. The molecule has 15 heavy (non-hydrogen) atoms. The van der Waals surface area contributed by atoms with Crippen LogP contribution in [0, 0.1) is 6.92 Å². The van der Waals surface area contributed by atoms with E-state index in [0.717, 1.165) is 12.2 Å². The number of rotatable bonds is 3. The molecule has 0 aliphatic rings. The van der Waals surface area contributed by atoms with Crippen molar-refractivity contribution >= 4 is 5.69 Å². The average molecular weight is 199 g/mol. The van der Waals surface area contributed by atoms with Gasteiger partial charge >= 0.3 is 0 Å². The molecule has 3 nitrogen and oxygen atoms in total. The standard InChI is InChI=1S/C12H13N3/c1-10-4-6-14-7-11(10)8-15-12-3-2-5-13-9-12/h2-7,9,15H,8H2,1H3. The Bertz CT molecular complexity index is 426. The van der Waals surface area contributed by atoms with Crippen molar-refractivity contribution < 1.29 is 0 Å². The number of nitrogens with zero attached hydrogens (tertiary/aromatic N) is 2. The number of pyridine rings is 2. The second-order valence-corrected chi connectivity index (χ2v) is 3.40. The Hall–Kier alpha value is -1.90. The van der Waals surface area contributed by atoms with Crippen LogP contribution in [-0.2, 0) is 6.54 Å². The summed E-state index contributed by atoms with van der Waals surface area (Å²) in [5.41, 5.74) is 3.49. The summed E-state index contributed by atoms with van der Waals surface area (Å²) in [4.78, 5) is 8.14. The van der Waals surface area contributed by atoms with Gasteiger partial charge in [0.25, 0.3) is 0 Å². The minimum Gasteiger partial charge on any atom is -0.380 e. The Labute approximate surface area is 89.2 Å². The highest BCUT2D eigenvalue weighted by molar-refractivity contribution is 5.41. The van der Waals surface area contributed by atoms with E-state index < -0.39 is 0 Å². The van der Waals surface area contributed by atoms with Gasteiger partial charge in [-0.15, -0.1) is 0 Å². The van der Waals surface area contributed by atoms with E-state index in [2.05, 4.69) is 22.2 Å². The zero-order chi connectivity index (χ0) is 10.5. The molecular weight excluding hydrogens is 186 g/mol. The van der Waals surface area contributed by atoms with Crippen LogP contribution in [0.1, 0.15) is 11.1 Å². The number of aromatic nitrogens is 2. The summed E-state index contributed by atoms with van der Waals surface area (Å²) in [6.45, 7) is 2.87. The molecule has 0 amide bonds. The highest BCUT2D eigenvalue weighted by Crippen LogP contribution is 2.09. The SMILES string of the molecule is Cc1ccncc1CNc1cccnc1. The van der Waals surface area contributed by atoms with Crippen LogP contribution in [-0.4, -0.2) is 9.97 Å². The molecule has 0 fully saturated rings. The Balaban J connectivity index is 2.03. The van der Waals surface area contributed by atoms with Crippen molar-refractivity contribution in [2.24, 2.45) is 0 Å². The Morgan fingerprint density at radius 1 is 1.13 bits per heavy atom. The van der Waals surface area contributed by atoms with Crippen LogP contribution >= 0.6 is 0 Å². The molecule has 0 spiro atoms. The van der Waals surface area contributed by atoms with Gasteiger partial charge in [0, 0.05) is 31.3 Å². The second-order valence-electron chi connectivity index (χ2n) is 3.40. The first-order valence-electron chi connectivity index (χ1n) is 4.89. The highest BCUT2D eigenvalue weighted by atomic mass is 14.9. The van der Waals surface area contributed by atoms with Crippen molar-refractivity contribution in [1.82, 2.24) is 9.97 Å². The smallest absolute Gasteiger partial charge is 0.0529 e. The normalized spacial score (nSPS) is 9.93. The van der Waals surface area contributed by atoms with E-state index in [0.29, 0.717) is 0 Å². The first-order valence-corrected chi connectivity index (χ1v) is 4.89. The molecule has 2 aromatic rings. The monoisotopic (exact) mass is 199 g/mol. The fourth-order valence-electron chi connectivity index (χ4n) is 1.35. The van der Waals surface area contributed by atoms with Gasteiger partial charge in [-0.25, -0.2) is 0 Å². The minimum absolute atomic E-state index is 0.783. The molecule has 0 atom stereocenters. The van der Waals surface area contributed by atoms with Gasteiger partial charge in [-0.05, 0) is 36.2 Å². The Morgan fingerprint density at radius 2 is 2.00 bits per heavy atom. The van der Waals surface area contributed by atoms with Gasteiger partial charge in [0.15, 0.2) is 0 Å². The maximum Gasteiger partial charge on any atom is 0.0529 e. The van der Waals surface area contributed by atoms with Crippen LogP contribution in [0.25, 0.3) is 0 Å². The van der Waals surface area contributed by atoms with Gasteiger partial charge < -0.3 is 5.32 Å². The predicted octanol–water partition coefficient (Wildman–Crippen LogP) is 2.40. The first kappa shape index (κ1) is 9.65. The summed E-state index contributed by atoms with van der Waals surface area (Å²) in [5.74, 6) is 0. The zero-order valence-corrected chi connectivity index (χ0v) is 8.64. The predicted molar refractivity (Wildman–Crippen MR) is 60.5 cm³/mol. The first-order chi connectivity index (χ1) is 7.36. The molecule has 0 saturated heterocycles. The fraction of sp³-hybridized carbons (Fsp3) is 0.167. The van der Waals surface area contributed by atoms with Gasteiger partial charge in [0.1, 0.15) is 0 Å². The molecular formula is C12H13N3. The Kier molecular flexibility index (Phi) is 2.93. The molecule has 0 saturated carbocycles. The summed E-state index contributed by atoms with van der Waals surface area (Å²) in [5, 5.41) is 3.30. The lowest BCUT2D eigenvalue weighted by molar-refractivity contribution is 1.08. The quantitative estimate of drug-likeness (QED) is 0.824. The van der Waals surface area contributed by atoms with E-state index in [4.69, 9.17) is 0 Å². The number of anilines is 1. The third-order valence-electron chi connectivity index (χ3n) is 2.29. The lowest BCUT2D eigenvalue weighted by Gasteiger charge is -2.07. The van der Waals surface area contributed by atoms with Crippen LogP contribution in [0.5, 0.6) is 0 Å². The lowest BCUT2D eigenvalue weighted by Crippen LogP contribution is -2.01. The van der Waals surface area contributed by atoms with Gasteiger partial charge in [0.2, 0.25) is 0 Å². The molecule has 0 bridgehead atoms. The lowest BCUT2D eigenvalue weighted by atomic mass is 10.1. The average Bonchev–Trinajstić information content (AvgIpc) is 2.29. The van der Waals surface area contributed by atoms with E-state index in [1.807, 2.05) is 36.8 Å². The third-order valence-corrected chi connectivity index (χ3v) is 2.29. The van der Waals surface area contributed by atoms with E-state index in [1.54, 1.807) is 6.20 Å². The topological polar surface area (TPSA) is 37.8 Å². The highest BCUT2D eigenvalue weighted by Gasteiger charge is 1.97. The van der Waals surface area contributed by atoms with Gasteiger partial charge in [-0.2, -0.15) is 0 Å². The summed E-state index contributed by atoms with van der Waals surface area (Å²) in [6, 6.07) is 5.93. The van der Waals surface area contributed by atoms with Crippen LogP contribution in [0.4, 0.5) is 5.69 Å². The summed E-state index contributed by atoms with van der Waals surface area (Å²) in [6.07, 6.45) is 7.27. The summed E-state index contributed by atoms with van der Waals surface area (Å²) >= 11 is 0. The van der Waals surface area contributed by atoms with Gasteiger partial charge in [-0.3, -0.25) is 9.97 Å². The number of hydrogen-bond acceptors (Lipinski definition) is 3. The molecule has 0 aliphatic carbocycles. The van der Waals surface area contributed by atoms with Crippen LogP contribution < -0.4 is 5.32 Å². The van der Waals surface area contributed by atoms with Gasteiger partial charge in [-0.1, -0.05) is 0 Å². The van der Waals surface area contributed by atoms with Crippen molar-refractivity contribution in [2.45, 2.75) is 13.5 Å². The molecule has 3 heteroatoms. The maximum absolute atomic E-state index is 4.10. The van der Waals surface area contributed by atoms with Crippen molar-refractivity contribution in [2.75, 3.05) is 5.32 Å². The van der Waals surface area contributed by atoms with Gasteiger partial charge in [0.05, 0.1) is 5.69 Å². The molecule has 0 unspecified atom stereocenters. The van der Waals surface area contributed by atoms with Crippen LogP contribution in [0.15, 0.2) is 43.0 Å². The molecule has 0 radical (unpaired) electrons. The van der Waals surface area contributed by atoms with E-state index >= 15 is 0 Å². The summed E-state index contributed by atoms with van der Waals surface area (Å²) < 4.78 is 0. The molecule has 2 rings (SSSR count). The van der Waals surface area contributed by atoms with Crippen molar-refractivity contribution in [3.8, 4) is 0 Å². The van der Waals surface area contributed by atoms with E-state index in [1.165, 1.54) is 11.1 Å². The zero-order valence-electron chi connectivity index (χ0n) is 8.64.